The molecule has 2 rings (SSSR count). The highest BCUT2D eigenvalue weighted by atomic mass is 35.5. The number of unbranched alkanes of at least 4 members (excludes halogenated alkanes) is 2. The summed E-state index contributed by atoms with van der Waals surface area (Å²) in [6, 6.07) is 8.04. The van der Waals surface area contributed by atoms with Gasteiger partial charge >= 0.3 is 0 Å². The van der Waals surface area contributed by atoms with Crippen molar-refractivity contribution in [1.82, 2.24) is 4.98 Å². The number of ether oxygens (including phenoxy) is 1. The van der Waals surface area contributed by atoms with Gasteiger partial charge in [-0.3, -0.25) is 0 Å². The molecule has 0 fully saturated rings. The molecular formula is C16H20ClNOS. The molecule has 1 aromatic heterocycles. The zero-order valence-corrected chi connectivity index (χ0v) is 13.6. The van der Waals surface area contributed by atoms with Gasteiger partial charge in [0.2, 0.25) is 0 Å². The number of fused-ring (bicyclic) bond motifs is 1. The lowest BCUT2D eigenvalue weighted by Crippen LogP contribution is -1.91. The smallest absolute Gasteiger partial charge is 0.133 e. The highest BCUT2D eigenvalue weighted by Gasteiger charge is 2.06. The van der Waals surface area contributed by atoms with Crippen molar-refractivity contribution < 1.29 is 4.74 Å². The van der Waals surface area contributed by atoms with E-state index in [0.717, 1.165) is 28.0 Å². The molecule has 1 aromatic carbocycles. The van der Waals surface area contributed by atoms with Gasteiger partial charge in [-0.1, -0.05) is 31.4 Å². The maximum Gasteiger partial charge on any atom is 0.133 e. The summed E-state index contributed by atoms with van der Waals surface area (Å²) in [6.07, 6.45) is 3.84. The molecule has 2 nitrogen and oxygen atoms in total. The first-order valence-corrected chi connectivity index (χ1v) is 8.48. The van der Waals surface area contributed by atoms with Gasteiger partial charge in [0.05, 0.1) is 12.6 Å². The second-order valence-electron chi connectivity index (χ2n) is 4.76. The summed E-state index contributed by atoms with van der Waals surface area (Å²) in [5.41, 5.74) is 2.00. The van der Waals surface area contributed by atoms with Crippen LogP contribution in [0.2, 0.25) is 5.15 Å². The lowest BCUT2D eigenvalue weighted by molar-refractivity contribution is 0.415. The van der Waals surface area contributed by atoms with E-state index in [0.29, 0.717) is 5.15 Å². The van der Waals surface area contributed by atoms with Crippen LogP contribution in [0, 0.1) is 0 Å². The van der Waals surface area contributed by atoms with Gasteiger partial charge in [-0.05, 0) is 30.4 Å². The van der Waals surface area contributed by atoms with Gasteiger partial charge < -0.3 is 4.74 Å². The zero-order valence-electron chi connectivity index (χ0n) is 12.0. The van der Waals surface area contributed by atoms with Crippen molar-refractivity contribution in [1.29, 1.82) is 0 Å². The van der Waals surface area contributed by atoms with E-state index in [1.54, 1.807) is 7.11 Å². The number of rotatable bonds is 7. The molecule has 0 saturated heterocycles. The average molecular weight is 310 g/mol. The number of hydrogen-bond acceptors (Lipinski definition) is 3. The molecule has 0 bridgehead atoms. The van der Waals surface area contributed by atoms with Crippen molar-refractivity contribution in [2.45, 2.75) is 31.9 Å². The molecule has 0 amide bonds. The van der Waals surface area contributed by atoms with Crippen molar-refractivity contribution in [3.05, 3.63) is 35.0 Å². The van der Waals surface area contributed by atoms with Crippen molar-refractivity contribution >= 4 is 34.3 Å². The molecule has 1 heterocycles. The predicted octanol–water partition coefficient (Wildman–Crippen LogP) is 5.32. The maximum absolute atomic E-state index is 6.27. The lowest BCUT2D eigenvalue weighted by Gasteiger charge is -2.07. The van der Waals surface area contributed by atoms with Crippen LogP contribution >= 0.6 is 23.4 Å². The van der Waals surface area contributed by atoms with Gasteiger partial charge in [0, 0.05) is 22.8 Å². The van der Waals surface area contributed by atoms with Crippen LogP contribution in [0.4, 0.5) is 0 Å². The van der Waals surface area contributed by atoms with Crippen LogP contribution in [0.15, 0.2) is 24.3 Å². The van der Waals surface area contributed by atoms with Gasteiger partial charge in [-0.15, -0.1) is 0 Å². The molecular weight excluding hydrogens is 290 g/mol. The standard InChI is InChI=1S/C16H20ClNOS/c1-3-4-5-8-20-11-13-9-12-6-7-14(19-2)10-15(12)18-16(13)17/h6-7,9-10H,3-5,8,11H2,1-2H3. The molecule has 108 valence electrons. The minimum Gasteiger partial charge on any atom is -0.497 e. The third-order valence-corrected chi connectivity index (χ3v) is 4.62. The number of aromatic nitrogens is 1. The summed E-state index contributed by atoms with van der Waals surface area (Å²) >= 11 is 8.20. The Labute approximate surface area is 129 Å². The number of thioether (sulfide) groups is 1. The number of methoxy groups -OCH3 is 1. The SMILES string of the molecule is CCCCCSCc1cc2ccc(OC)cc2nc1Cl. The quantitative estimate of drug-likeness (QED) is 0.510. The first-order valence-electron chi connectivity index (χ1n) is 6.95. The number of pyridine rings is 1. The third kappa shape index (κ3) is 4.03. The topological polar surface area (TPSA) is 22.1 Å². The van der Waals surface area contributed by atoms with Crippen molar-refractivity contribution in [2.75, 3.05) is 12.9 Å². The Morgan fingerprint density at radius 2 is 2.10 bits per heavy atom. The highest BCUT2D eigenvalue weighted by molar-refractivity contribution is 7.98. The second kappa shape index (κ2) is 7.75. The van der Waals surface area contributed by atoms with Crippen LogP contribution in [-0.2, 0) is 5.75 Å². The minimum atomic E-state index is 0.605. The Morgan fingerprint density at radius 3 is 2.85 bits per heavy atom. The van der Waals surface area contributed by atoms with E-state index in [2.05, 4.69) is 18.0 Å². The normalized spacial score (nSPS) is 10.9. The Balaban J connectivity index is 2.08. The predicted molar refractivity (Wildman–Crippen MR) is 89.0 cm³/mol. The Bertz CT molecular complexity index is 574. The van der Waals surface area contributed by atoms with E-state index in [1.165, 1.54) is 25.0 Å². The molecule has 0 spiro atoms. The highest BCUT2D eigenvalue weighted by Crippen LogP contribution is 2.27. The van der Waals surface area contributed by atoms with Crippen LogP contribution in [0.25, 0.3) is 10.9 Å². The molecule has 0 saturated carbocycles. The summed E-state index contributed by atoms with van der Waals surface area (Å²) in [7, 11) is 1.66. The van der Waals surface area contributed by atoms with E-state index < -0.39 is 0 Å². The molecule has 0 N–H and O–H groups in total. The summed E-state index contributed by atoms with van der Waals surface area (Å²) in [5.74, 6) is 2.92. The van der Waals surface area contributed by atoms with E-state index in [-0.39, 0.29) is 0 Å². The van der Waals surface area contributed by atoms with Gasteiger partial charge in [0.15, 0.2) is 0 Å². The first kappa shape index (κ1) is 15.5. The molecule has 0 aliphatic carbocycles. The fraction of sp³-hybridized carbons (Fsp3) is 0.438. The molecule has 20 heavy (non-hydrogen) atoms. The molecule has 0 aliphatic rings. The van der Waals surface area contributed by atoms with Crippen LogP contribution in [0.3, 0.4) is 0 Å². The number of nitrogens with zero attached hydrogens (tertiary/aromatic N) is 1. The molecule has 0 aliphatic heterocycles. The maximum atomic E-state index is 6.27. The van der Waals surface area contributed by atoms with Crippen molar-refractivity contribution in [2.24, 2.45) is 0 Å². The van der Waals surface area contributed by atoms with E-state index in [9.17, 15) is 0 Å². The Kier molecular flexibility index (Phi) is 5.99. The fourth-order valence-corrected chi connectivity index (χ4v) is 3.32. The van der Waals surface area contributed by atoms with Gasteiger partial charge in [-0.25, -0.2) is 4.98 Å². The number of halogens is 1. The van der Waals surface area contributed by atoms with Gasteiger partial charge in [0.1, 0.15) is 10.9 Å². The monoisotopic (exact) mass is 309 g/mol. The summed E-state index contributed by atoms with van der Waals surface area (Å²) in [6.45, 7) is 2.23. The van der Waals surface area contributed by atoms with Crippen LogP contribution in [0.1, 0.15) is 31.7 Å². The molecule has 4 heteroatoms. The van der Waals surface area contributed by atoms with Crippen LogP contribution in [-0.4, -0.2) is 17.8 Å². The summed E-state index contributed by atoms with van der Waals surface area (Å²) in [4.78, 5) is 4.47. The third-order valence-electron chi connectivity index (χ3n) is 3.20. The van der Waals surface area contributed by atoms with E-state index in [4.69, 9.17) is 16.3 Å². The second-order valence-corrected chi connectivity index (χ2v) is 6.22. The lowest BCUT2D eigenvalue weighted by atomic mass is 10.1. The largest absolute Gasteiger partial charge is 0.497 e. The number of benzene rings is 1. The van der Waals surface area contributed by atoms with E-state index >= 15 is 0 Å². The Morgan fingerprint density at radius 1 is 1.25 bits per heavy atom. The molecule has 0 atom stereocenters. The minimum absolute atomic E-state index is 0.605. The average Bonchev–Trinajstić information content (AvgIpc) is 2.47. The molecule has 0 radical (unpaired) electrons. The number of hydrogen-bond donors (Lipinski definition) is 0. The first-order chi connectivity index (χ1) is 9.74. The van der Waals surface area contributed by atoms with Crippen molar-refractivity contribution in [3.63, 3.8) is 0 Å². The summed E-state index contributed by atoms with van der Waals surface area (Å²) in [5, 5.41) is 1.72. The van der Waals surface area contributed by atoms with Gasteiger partial charge in [-0.2, -0.15) is 11.8 Å². The Hall–Kier alpha value is -0.930. The summed E-state index contributed by atoms with van der Waals surface area (Å²) < 4.78 is 5.21. The van der Waals surface area contributed by atoms with Crippen LogP contribution < -0.4 is 4.74 Å². The van der Waals surface area contributed by atoms with E-state index in [1.807, 2.05) is 30.0 Å². The van der Waals surface area contributed by atoms with Gasteiger partial charge in [0.25, 0.3) is 0 Å². The zero-order chi connectivity index (χ0) is 14.4. The fourth-order valence-electron chi connectivity index (χ4n) is 2.03. The molecule has 2 aromatic rings. The van der Waals surface area contributed by atoms with Crippen LogP contribution in [0.5, 0.6) is 5.75 Å². The van der Waals surface area contributed by atoms with Crippen molar-refractivity contribution in [3.8, 4) is 5.75 Å². The molecule has 0 unspecified atom stereocenters.